The number of nitrogens with zero attached hydrogens (tertiary/aromatic N) is 2. The molecule has 11 heavy (non-hydrogen) atoms. The molecule has 0 radical (unpaired) electrons. The molecule has 0 fully saturated rings. The Labute approximate surface area is 66.2 Å². The minimum absolute atomic E-state index is 0.519. The maximum Gasteiger partial charge on any atom is 0.0957 e. The minimum Gasteiger partial charge on any atom is -0.325 e. The van der Waals surface area contributed by atoms with E-state index in [1.807, 2.05) is 11.5 Å². The third-order valence-corrected chi connectivity index (χ3v) is 1.43. The van der Waals surface area contributed by atoms with Crippen molar-refractivity contribution in [3.63, 3.8) is 0 Å². The van der Waals surface area contributed by atoms with Crippen LogP contribution in [0.3, 0.4) is 0 Å². The first-order valence-electron chi connectivity index (χ1n) is 3.47. The molecule has 0 aliphatic heterocycles. The van der Waals surface area contributed by atoms with Crippen molar-refractivity contribution >= 4 is 0 Å². The highest BCUT2D eigenvalue weighted by Crippen LogP contribution is 1.95. The van der Waals surface area contributed by atoms with Crippen LogP contribution in [0.25, 0.3) is 0 Å². The zero-order valence-corrected chi connectivity index (χ0v) is 6.54. The molecule has 0 aromatic carbocycles. The molecule has 1 heterocycles. The van der Waals surface area contributed by atoms with Crippen LogP contribution in [-0.4, -0.2) is 9.55 Å². The van der Waals surface area contributed by atoms with Crippen LogP contribution >= 0.6 is 0 Å². The molecule has 1 aromatic heterocycles. The van der Waals surface area contributed by atoms with Crippen molar-refractivity contribution in [3.8, 4) is 11.8 Å². The Morgan fingerprint density at radius 1 is 1.73 bits per heavy atom. The van der Waals surface area contributed by atoms with Crippen LogP contribution in [-0.2, 0) is 13.1 Å². The lowest BCUT2D eigenvalue weighted by Gasteiger charge is -1.99. The van der Waals surface area contributed by atoms with Gasteiger partial charge in [-0.25, -0.2) is 4.98 Å². The van der Waals surface area contributed by atoms with Crippen LogP contribution in [0.4, 0.5) is 0 Å². The van der Waals surface area contributed by atoms with Crippen molar-refractivity contribution in [2.24, 2.45) is 5.73 Å². The van der Waals surface area contributed by atoms with E-state index >= 15 is 0 Å². The van der Waals surface area contributed by atoms with Crippen molar-refractivity contribution in [3.05, 3.63) is 18.2 Å². The molecule has 1 rings (SSSR count). The Kier molecular flexibility index (Phi) is 2.70. The number of hydrogen-bond donors (Lipinski definition) is 1. The van der Waals surface area contributed by atoms with Gasteiger partial charge in [-0.1, -0.05) is 5.92 Å². The summed E-state index contributed by atoms with van der Waals surface area (Å²) in [6.07, 6.45) is 3.50. The average molecular weight is 149 g/mol. The molecule has 0 aliphatic rings. The van der Waals surface area contributed by atoms with Crippen LogP contribution in [0.5, 0.6) is 0 Å². The van der Waals surface area contributed by atoms with E-state index in [9.17, 15) is 0 Å². The summed E-state index contributed by atoms with van der Waals surface area (Å²) in [6, 6.07) is 0. The quantitative estimate of drug-likeness (QED) is 0.617. The average Bonchev–Trinajstić information content (AvgIpc) is 2.47. The third kappa shape index (κ3) is 1.82. The lowest BCUT2D eigenvalue weighted by molar-refractivity contribution is 0.770. The predicted octanol–water partition coefficient (Wildman–Crippen LogP) is 0.365. The van der Waals surface area contributed by atoms with E-state index in [1.54, 1.807) is 12.5 Å². The van der Waals surface area contributed by atoms with E-state index in [0.29, 0.717) is 13.1 Å². The summed E-state index contributed by atoms with van der Waals surface area (Å²) in [5, 5.41) is 0. The molecule has 0 aliphatic carbocycles. The van der Waals surface area contributed by atoms with E-state index < -0.39 is 0 Å². The zero-order chi connectivity index (χ0) is 8.10. The first-order chi connectivity index (χ1) is 5.38. The lowest BCUT2D eigenvalue weighted by Crippen LogP contribution is -2.05. The molecule has 0 atom stereocenters. The van der Waals surface area contributed by atoms with Gasteiger partial charge in [-0.2, -0.15) is 0 Å². The van der Waals surface area contributed by atoms with E-state index in [0.717, 1.165) is 5.69 Å². The second-order valence-electron chi connectivity index (χ2n) is 2.14. The van der Waals surface area contributed by atoms with Gasteiger partial charge in [-0.3, -0.25) is 0 Å². The second-order valence-corrected chi connectivity index (χ2v) is 2.14. The monoisotopic (exact) mass is 149 g/mol. The van der Waals surface area contributed by atoms with E-state index in [2.05, 4.69) is 16.8 Å². The molecule has 0 spiro atoms. The van der Waals surface area contributed by atoms with Gasteiger partial charge in [0.25, 0.3) is 0 Å². The number of nitrogens with two attached hydrogens (primary N) is 1. The molecule has 58 valence electrons. The number of imidazole rings is 1. The topological polar surface area (TPSA) is 43.8 Å². The summed E-state index contributed by atoms with van der Waals surface area (Å²) in [5.74, 6) is 5.76. The smallest absolute Gasteiger partial charge is 0.0957 e. The molecule has 0 unspecified atom stereocenters. The van der Waals surface area contributed by atoms with Gasteiger partial charge < -0.3 is 10.3 Å². The van der Waals surface area contributed by atoms with Crippen LogP contribution in [0.15, 0.2) is 12.5 Å². The van der Waals surface area contributed by atoms with E-state index in [4.69, 9.17) is 5.73 Å². The van der Waals surface area contributed by atoms with Crippen molar-refractivity contribution < 1.29 is 0 Å². The molecular weight excluding hydrogens is 138 g/mol. The number of rotatable bonds is 2. The second kappa shape index (κ2) is 3.79. The first kappa shape index (κ1) is 7.83. The molecule has 2 N–H and O–H groups in total. The van der Waals surface area contributed by atoms with Crippen LogP contribution in [0, 0.1) is 11.8 Å². The molecule has 0 amide bonds. The fraction of sp³-hybridized carbons (Fsp3) is 0.375. The summed E-state index contributed by atoms with van der Waals surface area (Å²) in [4.78, 5) is 3.96. The SMILES string of the molecule is CC#CCn1cncc1CN. The Balaban J connectivity index is 2.73. The number of hydrogen-bond acceptors (Lipinski definition) is 2. The predicted molar refractivity (Wildman–Crippen MR) is 43.6 cm³/mol. The Morgan fingerprint density at radius 2 is 2.55 bits per heavy atom. The van der Waals surface area contributed by atoms with Crippen LogP contribution in [0.2, 0.25) is 0 Å². The normalized spacial score (nSPS) is 8.91. The Morgan fingerprint density at radius 3 is 3.18 bits per heavy atom. The first-order valence-corrected chi connectivity index (χ1v) is 3.47. The molecule has 0 saturated carbocycles. The molecule has 3 nitrogen and oxygen atoms in total. The minimum atomic E-state index is 0.519. The largest absolute Gasteiger partial charge is 0.325 e. The van der Waals surface area contributed by atoms with Gasteiger partial charge in [0.15, 0.2) is 0 Å². The van der Waals surface area contributed by atoms with Crippen molar-refractivity contribution in [2.75, 3.05) is 0 Å². The van der Waals surface area contributed by atoms with Crippen molar-refractivity contribution in [1.29, 1.82) is 0 Å². The van der Waals surface area contributed by atoms with E-state index in [1.165, 1.54) is 0 Å². The molecule has 1 aromatic rings. The van der Waals surface area contributed by atoms with Crippen LogP contribution < -0.4 is 5.73 Å². The summed E-state index contributed by atoms with van der Waals surface area (Å²) >= 11 is 0. The van der Waals surface area contributed by atoms with Gasteiger partial charge in [-0.15, -0.1) is 5.92 Å². The van der Waals surface area contributed by atoms with Crippen molar-refractivity contribution in [2.45, 2.75) is 20.0 Å². The molecule has 0 bridgehead atoms. The van der Waals surface area contributed by atoms with E-state index in [-0.39, 0.29) is 0 Å². The highest BCUT2D eigenvalue weighted by atomic mass is 15.0. The van der Waals surface area contributed by atoms with Crippen molar-refractivity contribution in [1.82, 2.24) is 9.55 Å². The summed E-state index contributed by atoms with van der Waals surface area (Å²) in [6.45, 7) is 3.02. The third-order valence-electron chi connectivity index (χ3n) is 1.43. The van der Waals surface area contributed by atoms with Gasteiger partial charge in [0, 0.05) is 12.7 Å². The summed E-state index contributed by atoms with van der Waals surface area (Å²) in [5.41, 5.74) is 6.48. The fourth-order valence-corrected chi connectivity index (χ4v) is 0.825. The Bertz CT molecular complexity index is 277. The molecular formula is C8H11N3. The lowest BCUT2D eigenvalue weighted by atomic mass is 10.4. The molecule has 3 heteroatoms. The highest BCUT2D eigenvalue weighted by molar-refractivity contribution is 5.03. The summed E-state index contributed by atoms with van der Waals surface area (Å²) < 4.78 is 1.94. The van der Waals surface area contributed by atoms with Gasteiger partial charge in [0.05, 0.1) is 18.6 Å². The maximum absolute atomic E-state index is 5.46. The fourth-order valence-electron chi connectivity index (χ4n) is 0.825. The maximum atomic E-state index is 5.46. The zero-order valence-electron chi connectivity index (χ0n) is 6.54. The van der Waals surface area contributed by atoms with Gasteiger partial charge in [0.2, 0.25) is 0 Å². The van der Waals surface area contributed by atoms with Gasteiger partial charge >= 0.3 is 0 Å². The van der Waals surface area contributed by atoms with Gasteiger partial charge in [0.1, 0.15) is 0 Å². The Hall–Kier alpha value is -1.27. The van der Waals surface area contributed by atoms with Crippen LogP contribution in [0.1, 0.15) is 12.6 Å². The summed E-state index contributed by atoms with van der Waals surface area (Å²) in [7, 11) is 0. The molecule has 0 saturated heterocycles. The highest BCUT2D eigenvalue weighted by Gasteiger charge is 1.95. The standard InChI is InChI=1S/C8H11N3/c1-2-3-4-11-7-10-6-8(11)5-9/h6-7H,4-5,9H2,1H3. The number of aromatic nitrogens is 2. The van der Waals surface area contributed by atoms with Gasteiger partial charge in [-0.05, 0) is 6.92 Å².